The molecule has 21 heavy (non-hydrogen) atoms. The molecule has 114 valence electrons. The summed E-state index contributed by atoms with van der Waals surface area (Å²) < 4.78 is 10.6. The maximum absolute atomic E-state index is 5.41. The predicted molar refractivity (Wildman–Crippen MR) is 86.3 cm³/mol. The molecule has 1 unspecified atom stereocenters. The third-order valence-corrected chi connectivity index (χ3v) is 4.71. The minimum atomic E-state index is 0.224. The van der Waals surface area contributed by atoms with Crippen molar-refractivity contribution in [3.63, 3.8) is 0 Å². The van der Waals surface area contributed by atoms with Gasteiger partial charge in [0.1, 0.15) is 16.5 Å². The molecular formula is C16H22N2O2S. The van der Waals surface area contributed by atoms with Gasteiger partial charge in [0.25, 0.3) is 0 Å². The zero-order valence-corrected chi connectivity index (χ0v) is 13.8. The molecule has 2 rings (SSSR count). The second-order valence-corrected chi connectivity index (χ2v) is 5.95. The highest BCUT2D eigenvalue weighted by molar-refractivity contribution is 7.11. The van der Waals surface area contributed by atoms with Crippen LogP contribution in [0.5, 0.6) is 11.5 Å². The number of rotatable bonds is 7. The molecule has 0 saturated heterocycles. The SMILES string of the molecule is CCc1cnc(C(C)NCc2ccc(OC)cc2OC)s1. The van der Waals surface area contributed by atoms with Crippen LogP contribution in [0.3, 0.4) is 0 Å². The fourth-order valence-electron chi connectivity index (χ4n) is 2.03. The second-order valence-electron chi connectivity index (χ2n) is 4.80. The van der Waals surface area contributed by atoms with Crippen LogP contribution in [0.25, 0.3) is 0 Å². The number of hydrogen-bond acceptors (Lipinski definition) is 5. The van der Waals surface area contributed by atoms with E-state index in [9.17, 15) is 0 Å². The molecule has 1 N–H and O–H groups in total. The maximum atomic E-state index is 5.41. The van der Waals surface area contributed by atoms with Crippen LogP contribution in [0.2, 0.25) is 0 Å². The quantitative estimate of drug-likeness (QED) is 0.849. The van der Waals surface area contributed by atoms with E-state index >= 15 is 0 Å². The molecule has 0 aliphatic rings. The van der Waals surface area contributed by atoms with E-state index in [-0.39, 0.29) is 6.04 Å². The normalized spacial score (nSPS) is 12.2. The minimum Gasteiger partial charge on any atom is -0.497 e. The van der Waals surface area contributed by atoms with Crippen molar-refractivity contribution in [3.05, 3.63) is 39.8 Å². The predicted octanol–water partition coefficient (Wildman–Crippen LogP) is 3.57. The Balaban J connectivity index is 2.01. The van der Waals surface area contributed by atoms with Gasteiger partial charge in [-0.15, -0.1) is 11.3 Å². The molecule has 0 aliphatic carbocycles. The van der Waals surface area contributed by atoms with Crippen molar-refractivity contribution in [2.75, 3.05) is 14.2 Å². The first-order valence-corrected chi connectivity index (χ1v) is 7.88. The van der Waals surface area contributed by atoms with Crippen LogP contribution in [0.1, 0.15) is 35.3 Å². The summed E-state index contributed by atoms with van der Waals surface area (Å²) in [5, 5.41) is 4.62. The summed E-state index contributed by atoms with van der Waals surface area (Å²) >= 11 is 1.77. The first kappa shape index (κ1) is 15.8. The monoisotopic (exact) mass is 306 g/mol. The lowest BCUT2D eigenvalue weighted by molar-refractivity contribution is 0.389. The summed E-state index contributed by atoms with van der Waals surface area (Å²) in [6.45, 7) is 5.02. The van der Waals surface area contributed by atoms with Gasteiger partial charge < -0.3 is 14.8 Å². The third-order valence-electron chi connectivity index (χ3n) is 3.38. The molecule has 1 atom stereocenters. The van der Waals surface area contributed by atoms with E-state index < -0.39 is 0 Å². The van der Waals surface area contributed by atoms with Crippen molar-refractivity contribution in [1.29, 1.82) is 0 Å². The van der Waals surface area contributed by atoms with Gasteiger partial charge in [-0.1, -0.05) is 13.0 Å². The van der Waals surface area contributed by atoms with Crippen molar-refractivity contribution in [3.8, 4) is 11.5 Å². The van der Waals surface area contributed by atoms with Crippen LogP contribution >= 0.6 is 11.3 Å². The minimum absolute atomic E-state index is 0.224. The van der Waals surface area contributed by atoms with Gasteiger partial charge in [0.2, 0.25) is 0 Å². The van der Waals surface area contributed by atoms with Crippen LogP contribution in [0.15, 0.2) is 24.4 Å². The lowest BCUT2D eigenvalue weighted by Gasteiger charge is -2.14. The Bertz CT molecular complexity index is 583. The number of ether oxygens (including phenoxy) is 2. The van der Waals surface area contributed by atoms with Crippen LogP contribution in [-0.4, -0.2) is 19.2 Å². The highest BCUT2D eigenvalue weighted by Crippen LogP contribution is 2.26. The largest absolute Gasteiger partial charge is 0.497 e. The van der Waals surface area contributed by atoms with Crippen LogP contribution in [-0.2, 0) is 13.0 Å². The summed E-state index contributed by atoms with van der Waals surface area (Å²) in [5.41, 5.74) is 1.11. The molecule has 0 bridgehead atoms. The molecule has 0 radical (unpaired) electrons. The summed E-state index contributed by atoms with van der Waals surface area (Å²) in [5.74, 6) is 1.64. The van der Waals surface area contributed by atoms with Gasteiger partial charge in [0.05, 0.1) is 20.3 Å². The van der Waals surface area contributed by atoms with E-state index in [0.29, 0.717) is 0 Å². The highest BCUT2D eigenvalue weighted by atomic mass is 32.1. The lowest BCUT2D eigenvalue weighted by atomic mass is 10.2. The van der Waals surface area contributed by atoms with E-state index in [2.05, 4.69) is 24.1 Å². The van der Waals surface area contributed by atoms with Crippen molar-refractivity contribution in [2.24, 2.45) is 0 Å². The zero-order chi connectivity index (χ0) is 15.2. The summed E-state index contributed by atoms with van der Waals surface area (Å²) in [6, 6.07) is 6.10. The van der Waals surface area contributed by atoms with E-state index in [4.69, 9.17) is 9.47 Å². The standard InChI is InChI=1S/C16H22N2O2S/c1-5-14-10-18-16(21-14)11(2)17-9-12-6-7-13(19-3)8-15(12)20-4/h6-8,10-11,17H,5,9H2,1-4H3. The van der Waals surface area contributed by atoms with Gasteiger partial charge in [-0.3, -0.25) is 0 Å². The fourth-order valence-corrected chi connectivity index (χ4v) is 2.92. The van der Waals surface area contributed by atoms with E-state index in [0.717, 1.165) is 35.0 Å². The van der Waals surface area contributed by atoms with Gasteiger partial charge in [-0.25, -0.2) is 4.98 Å². The van der Waals surface area contributed by atoms with E-state index in [1.807, 2.05) is 24.4 Å². The van der Waals surface area contributed by atoms with Gasteiger partial charge in [0.15, 0.2) is 0 Å². The maximum Gasteiger partial charge on any atom is 0.127 e. The van der Waals surface area contributed by atoms with Crippen LogP contribution < -0.4 is 14.8 Å². The molecular weight excluding hydrogens is 284 g/mol. The fraction of sp³-hybridized carbons (Fsp3) is 0.438. The van der Waals surface area contributed by atoms with Gasteiger partial charge in [-0.2, -0.15) is 0 Å². The molecule has 0 saturated carbocycles. The zero-order valence-electron chi connectivity index (χ0n) is 13.0. The van der Waals surface area contributed by atoms with Crippen molar-refractivity contribution in [2.45, 2.75) is 32.9 Å². The van der Waals surface area contributed by atoms with E-state index in [1.54, 1.807) is 25.6 Å². The smallest absolute Gasteiger partial charge is 0.127 e. The molecule has 4 nitrogen and oxygen atoms in total. The summed E-state index contributed by atoms with van der Waals surface area (Å²) in [4.78, 5) is 5.79. The Morgan fingerprint density at radius 3 is 2.71 bits per heavy atom. The highest BCUT2D eigenvalue weighted by Gasteiger charge is 2.11. The number of hydrogen-bond donors (Lipinski definition) is 1. The van der Waals surface area contributed by atoms with Crippen molar-refractivity contribution in [1.82, 2.24) is 10.3 Å². The first-order chi connectivity index (χ1) is 10.2. The number of nitrogens with zero attached hydrogens (tertiary/aromatic N) is 1. The molecule has 1 aromatic heterocycles. The van der Waals surface area contributed by atoms with Gasteiger partial charge >= 0.3 is 0 Å². The van der Waals surface area contributed by atoms with Crippen molar-refractivity contribution < 1.29 is 9.47 Å². The number of thiazole rings is 1. The third kappa shape index (κ3) is 3.95. The Morgan fingerprint density at radius 2 is 2.10 bits per heavy atom. The molecule has 0 spiro atoms. The Labute approximate surface area is 130 Å². The van der Waals surface area contributed by atoms with Crippen LogP contribution in [0, 0.1) is 0 Å². The summed E-state index contributed by atoms with van der Waals surface area (Å²) in [7, 11) is 3.33. The molecule has 0 amide bonds. The molecule has 1 aromatic carbocycles. The topological polar surface area (TPSA) is 43.4 Å². The van der Waals surface area contributed by atoms with Gasteiger partial charge in [-0.05, 0) is 19.4 Å². The number of methoxy groups -OCH3 is 2. The van der Waals surface area contributed by atoms with Crippen molar-refractivity contribution >= 4 is 11.3 Å². The Hall–Kier alpha value is -1.59. The van der Waals surface area contributed by atoms with E-state index in [1.165, 1.54) is 4.88 Å². The first-order valence-electron chi connectivity index (χ1n) is 7.06. The second kappa shape index (κ2) is 7.43. The van der Waals surface area contributed by atoms with Crippen LogP contribution in [0.4, 0.5) is 0 Å². The number of benzene rings is 1. The summed E-state index contributed by atoms with van der Waals surface area (Å²) in [6.07, 6.45) is 3.00. The number of aryl methyl sites for hydroxylation is 1. The molecule has 0 aliphatic heterocycles. The molecule has 0 fully saturated rings. The Kier molecular flexibility index (Phi) is 5.59. The number of aromatic nitrogens is 1. The lowest BCUT2D eigenvalue weighted by Crippen LogP contribution is -2.18. The Morgan fingerprint density at radius 1 is 1.29 bits per heavy atom. The average molecular weight is 306 g/mol. The number of nitrogens with one attached hydrogen (secondary N) is 1. The van der Waals surface area contributed by atoms with Gasteiger partial charge in [0, 0.05) is 29.2 Å². The molecule has 5 heteroatoms. The average Bonchev–Trinajstić information content (AvgIpc) is 3.01. The molecule has 2 aromatic rings. The molecule has 1 heterocycles.